The highest BCUT2D eigenvalue weighted by molar-refractivity contribution is 9.10. The highest BCUT2D eigenvalue weighted by Gasteiger charge is 2.14. The van der Waals surface area contributed by atoms with Gasteiger partial charge in [-0.2, -0.15) is 0 Å². The summed E-state index contributed by atoms with van der Waals surface area (Å²) in [4.78, 5) is 3.00. The van der Waals surface area contributed by atoms with Crippen molar-refractivity contribution in [2.75, 3.05) is 0 Å². The Labute approximate surface area is 141 Å². The van der Waals surface area contributed by atoms with Gasteiger partial charge in [-0.3, -0.25) is 0 Å². The molecule has 0 unspecified atom stereocenters. The molecule has 1 N–H and O–H groups in total. The molecule has 0 aliphatic carbocycles. The molecular formula is C13H8BrN5O3S. The SMILES string of the molecule is Brc1ccc(-c2nnc(CSc3nnc(-c4ccc[nH]4)o3)o2)o1. The van der Waals surface area contributed by atoms with Crippen LogP contribution in [0.15, 0.2) is 53.6 Å². The van der Waals surface area contributed by atoms with Gasteiger partial charge in [-0.15, -0.1) is 20.4 Å². The second-order valence-corrected chi connectivity index (χ2v) is 6.06. The number of furan rings is 1. The summed E-state index contributed by atoms with van der Waals surface area (Å²) in [5, 5.41) is 16.3. The fraction of sp³-hybridized carbons (Fsp3) is 0.0769. The van der Waals surface area contributed by atoms with Gasteiger partial charge in [-0.25, -0.2) is 0 Å². The first kappa shape index (κ1) is 14.3. The maximum absolute atomic E-state index is 5.54. The molecule has 0 aliphatic heterocycles. The first-order chi connectivity index (χ1) is 11.3. The number of hydrogen-bond acceptors (Lipinski definition) is 8. The van der Waals surface area contributed by atoms with E-state index in [0.29, 0.717) is 39.1 Å². The molecule has 0 saturated carbocycles. The van der Waals surface area contributed by atoms with E-state index in [1.807, 2.05) is 12.1 Å². The largest absolute Gasteiger partial charge is 0.444 e. The van der Waals surface area contributed by atoms with Crippen molar-refractivity contribution in [3.8, 4) is 23.2 Å². The van der Waals surface area contributed by atoms with E-state index >= 15 is 0 Å². The third-order valence-electron chi connectivity index (χ3n) is 2.80. The van der Waals surface area contributed by atoms with Crippen LogP contribution in [0.5, 0.6) is 0 Å². The number of hydrogen-bond donors (Lipinski definition) is 1. The molecular weight excluding hydrogens is 386 g/mol. The maximum atomic E-state index is 5.54. The minimum absolute atomic E-state index is 0.323. The Morgan fingerprint density at radius 1 is 1.00 bits per heavy atom. The number of nitrogens with one attached hydrogen (secondary N) is 1. The van der Waals surface area contributed by atoms with Crippen LogP contribution in [0.1, 0.15) is 5.89 Å². The van der Waals surface area contributed by atoms with E-state index in [0.717, 1.165) is 5.69 Å². The number of thioether (sulfide) groups is 1. The van der Waals surface area contributed by atoms with Gasteiger partial charge in [0.2, 0.25) is 5.89 Å². The Hall–Kier alpha value is -2.33. The van der Waals surface area contributed by atoms with Crippen molar-refractivity contribution in [2.45, 2.75) is 11.0 Å². The molecule has 0 bridgehead atoms. The quantitative estimate of drug-likeness (QED) is 0.510. The van der Waals surface area contributed by atoms with Gasteiger partial charge in [-0.05, 0) is 40.2 Å². The molecule has 0 aliphatic rings. The lowest BCUT2D eigenvalue weighted by atomic mass is 10.4. The predicted octanol–water partition coefficient (Wildman–Crippen LogP) is 3.76. The number of aromatic nitrogens is 5. The third kappa shape index (κ3) is 3.08. The molecule has 23 heavy (non-hydrogen) atoms. The Morgan fingerprint density at radius 2 is 1.91 bits per heavy atom. The molecule has 0 aromatic carbocycles. The Kier molecular flexibility index (Phi) is 3.75. The number of H-pyrrole nitrogens is 1. The van der Waals surface area contributed by atoms with Gasteiger partial charge in [0.05, 0.1) is 5.75 Å². The molecule has 4 aromatic rings. The van der Waals surface area contributed by atoms with Gasteiger partial charge in [0.1, 0.15) is 5.69 Å². The van der Waals surface area contributed by atoms with Gasteiger partial charge < -0.3 is 18.2 Å². The molecule has 4 aromatic heterocycles. The average Bonchev–Trinajstić information content (AvgIpc) is 3.31. The number of halogens is 1. The molecule has 116 valence electrons. The minimum atomic E-state index is 0.323. The lowest BCUT2D eigenvalue weighted by molar-refractivity contribution is 0.462. The first-order valence-electron chi connectivity index (χ1n) is 6.46. The van der Waals surface area contributed by atoms with Gasteiger partial charge in [0.25, 0.3) is 17.0 Å². The fourth-order valence-electron chi connectivity index (χ4n) is 1.80. The van der Waals surface area contributed by atoms with Crippen LogP contribution in [0.2, 0.25) is 0 Å². The highest BCUT2D eigenvalue weighted by atomic mass is 79.9. The number of nitrogens with zero attached hydrogens (tertiary/aromatic N) is 4. The van der Waals surface area contributed by atoms with E-state index in [2.05, 4.69) is 41.3 Å². The molecule has 0 atom stereocenters. The summed E-state index contributed by atoms with van der Waals surface area (Å²) in [6.45, 7) is 0. The smallest absolute Gasteiger partial charge is 0.283 e. The van der Waals surface area contributed by atoms with E-state index in [1.165, 1.54) is 11.8 Å². The fourth-order valence-corrected chi connectivity index (χ4v) is 2.71. The molecule has 8 nitrogen and oxygen atoms in total. The first-order valence-corrected chi connectivity index (χ1v) is 8.24. The van der Waals surface area contributed by atoms with Gasteiger partial charge in [-0.1, -0.05) is 11.8 Å². The highest BCUT2D eigenvalue weighted by Crippen LogP contribution is 2.27. The van der Waals surface area contributed by atoms with Crippen LogP contribution in [0, 0.1) is 0 Å². The second-order valence-electron chi connectivity index (χ2n) is 4.35. The molecule has 4 heterocycles. The Morgan fingerprint density at radius 3 is 2.70 bits per heavy atom. The second kappa shape index (κ2) is 6.05. The zero-order chi connectivity index (χ0) is 15.6. The maximum Gasteiger partial charge on any atom is 0.283 e. The van der Waals surface area contributed by atoms with Crippen molar-refractivity contribution in [1.82, 2.24) is 25.4 Å². The van der Waals surface area contributed by atoms with Crippen molar-refractivity contribution >= 4 is 27.7 Å². The van der Waals surface area contributed by atoms with Crippen LogP contribution in [0.25, 0.3) is 23.2 Å². The van der Waals surface area contributed by atoms with Crippen molar-refractivity contribution in [3.63, 3.8) is 0 Å². The third-order valence-corrected chi connectivity index (χ3v) is 4.03. The van der Waals surface area contributed by atoms with Crippen molar-refractivity contribution < 1.29 is 13.3 Å². The summed E-state index contributed by atoms with van der Waals surface area (Å²) in [6.07, 6.45) is 1.79. The lowest BCUT2D eigenvalue weighted by Gasteiger charge is -1.91. The van der Waals surface area contributed by atoms with Crippen molar-refractivity contribution in [2.24, 2.45) is 0 Å². The molecule has 0 amide bonds. The monoisotopic (exact) mass is 393 g/mol. The van der Waals surface area contributed by atoms with E-state index in [4.69, 9.17) is 13.3 Å². The zero-order valence-electron chi connectivity index (χ0n) is 11.4. The summed E-state index contributed by atoms with van der Waals surface area (Å²) < 4.78 is 17.0. The summed E-state index contributed by atoms with van der Waals surface area (Å²) in [5.74, 6) is 2.12. The topological polar surface area (TPSA) is 107 Å². The lowest BCUT2D eigenvalue weighted by Crippen LogP contribution is -1.80. The molecule has 0 saturated heterocycles. The summed E-state index contributed by atoms with van der Waals surface area (Å²) in [6, 6.07) is 7.22. The van der Waals surface area contributed by atoms with Gasteiger partial charge in [0, 0.05) is 6.20 Å². The van der Waals surface area contributed by atoms with Crippen LogP contribution in [-0.4, -0.2) is 25.4 Å². The average molecular weight is 394 g/mol. The van der Waals surface area contributed by atoms with Crippen molar-refractivity contribution in [1.29, 1.82) is 0 Å². The van der Waals surface area contributed by atoms with E-state index < -0.39 is 0 Å². The van der Waals surface area contributed by atoms with E-state index in [1.54, 1.807) is 18.3 Å². The zero-order valence-corrected chi connectivity index (χ0v) is 13.8. The Bertz CT molecular complexity index is 914. The normalized spacial score (nSPS) is 11.2. The van der Waals surface area contributed by atoms with E-state index in [-0.39, 0.29) is 0 Å². The Balaban J connectivity index is 1.42. The van der Waals surface area contributed by atoms with Crippen LogP contribution in [-0.2, 0) is 5.75 Å². The summed E-state index contributed by atoms with van der Waals surface area (Å²) in [5.41, 5.74) is 0.771. The minimum Gasteiger partial charge on any atom is -0.444 e. The van der Waals surface area contributed by atoms with Gasteiger partial charge in [0.15, 0.2) is 10.4 Å². The van der Waals surface area contributed by atoms with Gasteiger partial charge >= 0.3 is 0 Å². The summed E-state index contributed by atoms with van der Waals surface area (Å²) in [7, 11) is 0. The summed E-state index contributed by atoms with van der Waals surface area (Å²) >= 11 is 4.54. The molecule has 10 heteroatoms. The van der Waals surface area contributed by atoms with E-state index in [9.17, 15) is 0 Å². The van der Waals surface area contributed by atoms with Crippen LogP contribution in [0.4, 0.5) is 0 Å². The number of aromatic amines is 1. The molecule has 0 spiro atoms. The molecule has 0 radical (unpaired) electrons. The standard InChI is InChI=1S/C13H8BrN5O3S/c14-9-4-3-8(20-9)12-18-16-10(21-12)6-23-13-19-17-11(22-13)7-2-1-5-15-7/h1-5,15H,6H2. The predicted molar refractivity (Wildman–Crippen MR) is 83.3 cm³/mol. The molecule has 4 rings (SSSR count). The van der Waals surface area contributed by atoms with Crippen LogP contribution >= 0.6 is 27.7 Å². The van der Waals surface area contributed by atoms with Crippen LogP contribution in [0.3, 0.4) is 0 Å². The number of rotatable bonds is 5. The van der Waals surface area contributed by atoms with Crippen LogP contribution < -0.4 is 0 Å². The molecule has 0 fully saturated rings. The van der Waals surface area contributed by atoms with Crippen molar-refractivity contribution in [3.05, 3.63) is 41.0 Å².